The molecule has 25 heavy (non-hydrogen) atoms. The fraction of sp³-hybridized carbons (Fsp3) is 0.176. The molecule has 0 saturated heterocycles. The Morgan fingerprint density at radius 1 is 1.12 bits per heavy atom. The van der Waals surface area contributed by atoms with Crippen molar-refractivity contribution in [1.82, 2.24) is 4.31 Å². The lowest BCUT2D eigenvalue weighted by atomic mass is 10.1. The summed E-state index contributed by atoms with van der Waals surface area (Å²) in [5, 5.41) is 13.3. The van der Waals surface area contributed by atoms with Gasteiger partial charge in [0.15, 0.2) is 0 Å². The van der Waals surface area contributed by atoms with E-state index < -0.39 is 16.0 Å². The molecule has 7 nitrogen and oxygen atoms in total. The number of aromatic carboxylic acids is 1. The monoisotopic (exact) mass is 361 g/mol. The zero-order chi connectivity index (χ0) is 18.6. The van der Waals surface area contributed by atoms with Crippen molar-refractivity contribution < 1.29 is 18.3 Å². The van der Waals surface area contributed by atoms with Gasteiger partial charge in [0.2, 0.25) is 10.0 Å². The number of nitrogens with zero attached hydrogens (tertiary/aromatic N) is 2. The minimum atomic E-state index is -3.54. The molecule has 0 fully saturated rings. The molecule has 0 atom stereocenters. The van der Waals surface area contributed by atoms with E-state index in [2.05, 4.69) is 10.5 Å². The summed E-state index contributed by atoms with van der Waals surface area (Å²) in [6.45, 7) is 1.71. The number of hydrogen-bond acceptors (Lipinski definition) is 5. The highest BCUT2D eigenvalue weighted by Gasteiger charge is 2.17. The van der Waals surface area contributed by atoms with Gasteiger partial charge in [0.25, 0.3) is 0 Å². The maximum atomic E-state index is 12.2. The first-order valence-corrected chi connectivity index (χ1v) is 8.83. The Kier molecular flexibility index (Phi) is 5.55. The van der Waals surface area contributed by atoms with Crippen LogP contribution in [0.25, 0.3) is 0 Å². The van der Waals surface area contributed by atoms with Crippen molar-refractivity contribution in [3.05, 3.63) is 59.7 Å². The number of carbonyl (C=O) groups is 1. The van der Waals surface area contributed by atoms with Crippen LogP contribution in [0, 0.1) is 0 Å². The zero-order valence-corrected chi connectivity index (χ0v) is 14.9. The lowest BCUT2D eigenvalue weighted by Gasteiger charge is -2.12. The number of carboxylic acid groups (broad SMARTS) is 1. The molecule has 2 rings (SSSR count). The van der Waals surface area contributed by atoms with Crippen molar-refractivity contribution in [2.75, 3.05) is 19.5 Å². The number of anilines is 1. The third-order valence-electron chi connectivity index (χ3n) is 3.53. The van der Waals surface area contributed by atoms with Gasteiger partial charge in [-0.1, -0.05) is 24.3 Å². The van der Waals surface area contributed by atoms with E-state index in [1.54, 1.807) is 37.3 Å². The number of sulfonamides is 1. The maximum absolute atomic E-state index is 12.2. The Hall–Kier alpha value is -2.71. The summed E-state index contributed by atoms with van der Waals surface area (Å²) in [7, 11) is -0.607. The minimum Gasteiger partial charge on any atom is -0.478 e. The van der Waals surface area contributed by atoms with E-state index in [1.165, 1.54) is 32.3 Å². The molecule has 0 aliphatic carbocycles. The number of rotatable bonds is 6. The quantitative estimate of drug-likeness (QED) is 0.608. The average Bonchev–Trinajstić information content (AvgIpc) is 2.59. The summed E-state index contributed by atoms with van der Waals surface area (Å²) in [5.74, 6) is -1.06. The molecule has 0 amide bonds. The molecule has 0 aliphatic rings. The van der Waals surface area contributed by atoms with E-state index in [1.807, 2.05) is 0 Å². The Morgan fingerprint density at radius 2 is 1.80 bits per heavy atom. The molecule has 0 saturated carbocycles. The Balaban J connectivity index is 2.31. The van der Waals surface area contributed by atoms with Crippen LogP contribution in [0.1, 0.15) is 22.8 Å². The van der Waals surface area contributed by atoms with Crippen LogP contribution in [0.2, 0.25) is 0 Å². The number of para-hydroxylation sites is 1. The predicted molar refractivity (Wildman–Crippen MR) is 96.5 cm³/mol. The Morgan fingerprint density at radius 3 is 2.44 bits per heavy atom. The van der Waals surface area contributed by atoms with E-state index in [-0.39, 0.29) is 10.5 Å². The number of hydrazone groups is 1. The van der Waals surface area contributed by atoms with Gasteiger partial charge in [-0.2, -0.15) is 5.10 Å². The molecule has 2 N–H and O–H groups in total. The Bertz CT molecular complexity index is 921. The van der Waals surface area contributed by atoms with Gasteiger partial charge in [0.05, 0.1) is 21.9 Å². The van der Waals surface area contributed by atoms with Crippen molar-refractivity contribution in [3.8, 4) is 0 Å². The molecule has 0 aliphatic heterocycles. The summed E-state index contributed by atoms with van der Waals surface area (Å²) in [5.41, 5.74) is 4.31. The van der Waals surface area contributed by atoms with Crippen LogP contribution < -0.4 is 5.43 Å². The van der Waals surface area contributed by atoms with Gasteiger partial charge < -0.3 is 5.11 Å². The standard InChI is InChI=1S/C17H19N3O4S/c1-12(18-19-16-10-5-4-9-15(16)17(21)22)13-7-6-8-14(11-13)25(23,24)20(2)3/h4-11,19H,1-3H3,(H,21,22). The third-order valence-corrected chi connectivity index (χ3v) is 5.34. The number of nitrogens with one attached hydrogen (secondary N) is 1. The zero-order valence-electron chi connectivity index (χ0n) is 14.1. The van der Waals surface area contributed by atoms with E-state index >= 15 is 0 Å². The molecular formula is C17H19N3O4S. The SMILES string of the molecule is CC(=NNc1ccccc1C(=O)O)c1cccc(S(=O)(=O)N(C)C)c1. The molecular weight excluding hydrogens is 342 g/mol. The first-order valence-electron chi connectivity index (χ1n) is 7.39. The molecule has 0 heterocycles. The van der Waals surface area contributed by atoms with Gasteiger partial charge in [-0.3, -0.25) is 5.43 Å². The van der Waals surface area contributed by atoms with Crippen LogP contribution in [0.3, 0.4) is 0 Å². The summed E-state index contributed by atoms with van der Waals surface area (Å²) >= 11 is 0. The molecule has 0 radical (unpaired) electrons. The van der Waals surface area contributed by atoms with E-state index in [4.69, 9.17) is 5.11 Å². The normalized spacial score (nSPS) is 12.2. The summed E-state index contributed by atoms with van der Waals surface area (Å²) < 4.78 is 25.6. The number of carboxylic acids is 1. The van der Waals surface area contributed by atoms with Gasteiger partial charge in [-0.25, -0.2) is 17.5 Å². The summed E-state index contributed by atoms with van der Waals surface area (Å²) in [6, 6.07) is 12.8. The molecule has 132 valence electrons. The van der Waals surface area contributed by atoms with Crippen LogP contribution in [-0.4, -0.2) is 43.6 Å². The van der Waals surface area contributed by atoms with Crippen molar-refractivity contribution >= 4 is 27.4 Å². The second-order valence-electron chi connectivity index (χ2n) is 5.48. The van der Waals surface area contributed by atoms with Gasteiger partial charge in [0, 0.05) is 14.1 Å². The lowest BCUT2D eigenvalue weighted by Crippen LogP contribution is -2.22. The molecule has 0 unspecified atom stereocenters. The van der Waals surface area contributed by atoms with Crippen molar-refractivity contribution in [2.45, 2.75) is 11.8 Å². The maximum Gasteiger partial charge on any atom is 0.337 e. The fourth-order valence-electron chi connectivity index (χ4n) is 2.07. The lowest BCUT2D eigenvalue weighted by molar-refractivity contribution is 0.0698. The van der Waals surface area contributed by atoms with E-state index in [0.29, 0.717) is 17.0 Å². The number of hydrogen-bond donors (Lipinski definition) is 2. The minimum absolute atomic E-state index is 0.1000. The van der Waals surface area contributed by atoms with Gasteiger partial charge in [-0.05, 0) is 36.8 Å². The first-order chi connectivity index (χ1) is 11.7. The summed E-state index contributed by atoms with van der Waals surface area (Å²) in [4.78, 5) is 11.4. The van der Waals surface area contributed by atoms with Crippen molar-refractivity contribution in [1.29, 1.82) is 0 Å². The van der Waals surface area contributed by atoms with Crippen LogP contribution in [0.4, 0.5) is 5.69 Å². The van der Waals surface area contributed by atoms with Crippen molar-refractivity contribution in [2.24, 2.45) is 5.10 Å². The summed E-state index contributed by atoms with van der Waals surface area (Å²) in [6.07, 6.45) is 0. The van der Waals surface area contributed by atoms with Crippen LogP contribution in [-0.2, 0) is 10.0 Å². The molecule has 2 aromatic rings. The van der Waals surface area contributed by atoms with E-state index in [0.717, 1.165) is 4.31 Å². The highest BCUT2D eigenvalue weighted by atomic mass is 32.2. The highest BCUT2D eigenvalue weighted by Crippen LogP contribution is 2.17. The average molecular weight is 361 g/mol. The molecule has 0 aromatic heterocycles. The Labute approximate surface area is 146 Å². The highest BCUT2D eigenvalue weighted by molar-refractivity contribution is 7.89. The first kappa shape index (κ1) is 18.6. The third kappa shape index (κ3) is 4.23. The second-order valence-corrected chi connectivity index (χ2v) is 7.63. The molecule has 2 aromatic carbocycles. The molecule has 8 heteroatoms. The second kappa shape index (κ2) is 7.45. The largest absolute Gasteiger partial charge is 0.478 e. The van der Waals surface area contributed by atoms with Crippen LogP contribution in [0.5, 0.6) is 0 Å². The molecule has 0 bridgehead atoms. The number of benzene rings is 2. The smallest absolute Gasteiger partial charge is 0.337 e. The predicted octanol–water partition coefficient (Wildman–Crippen LogP) is 2.47. The van der Waals surface area contributed by atoms with Crippen molar-refractivity contribution in [3.63, 3.8) is 0 Å². The van der Waals surface area contributed by atoms with Crippen LogP contribution in [0.15, 0.2) is 58.5 Å². The van der Waals surface area contributed by atoms with Gasteiger partial charge in [-0.15, -0.1) is 0 Å². The topological polar surface area (TPSA) is 99.1 Å². The fourth-order valence-corrected chi connectivity index (χ4v) is 3.02. The van der Waals surface area contributed by atoms with Gasteiger partial charge in [0.1, 0.15) is 0 Å². The van der Waals surface area contributed by atoms with E-state index in [9.17, 15) is 13.2 Å². The van der Waals surface area contributed by atoms with Crippen LogP contribution >= 0.6 is 0 Å². The van der Waals surface area contributed by atoms with Gasteiger partial charge >= 0.3 is 5.97 Å². The molecule has 0 spiro atoms.